The van der Waals surface area contributed by atoms with E-state index in [0.717, 1.165) is 53.9 Å². The molecule has 46 heavy (non-hydrogen) atoms. The van der Waals surface area contributed by atoms with E-state index in [9.17, 15) is 36.2 Å². The summed E-state index contributed by atoms with van der Waals surface area (Å²) in [5.74, 6) is -0.690. The lowest BCUT2D eigenvalue weighted by Gasteiger charge is -2.36. The third-order valence-corrected chi connectivity index (χ3v) is 8.86. The highest BCUT2D eigenvalue weighted by molar-refractivity contribution is 5.75. The molecule has 15 heteroatoms. The molecule has 5 rings (SSSR count). The Kier molecular flexibility index (Phi) is 10.9. The van der Waals surface area contributed by atoms with Gasteiger partial charge in [0.25, 0.3) is 5.95 Å². The first-order valence-electron chi connectivity index (χ1n) is 15.0. The molecule has 2 aromatic carbocycles. The molecule has 1 aromatic heterocycles. The normalized spacial score (nSPS) is 20.5. The molecule has 0 unspecified atom stereocenters. The molecule has 1 fully saturated rings. The number of tetrazole rings is 1. The fourth-order valence-corrected chi connectivity index (χ4v) is 6.85. The van der Waals surface area contributed by atoms with Crippen LogP contribution in [0.3, 0.4) is 0 Å². The van der Waals surface area contributed by atoms with E-state index >= 15 is 0 Å². The van der Waals surface area contributed by atoms with Crippen LogP contribution in [0.2, 0.25) is 0 Å². The number of nitrogens with zero attached hydrogens (tertiary/aromatic N) is 6. The fraction of sp³-hybridized carbons (Fsp3) is 0.548. The highest BCUT2D eigenvalue weighted by Gasteiger charge is 2.38. The molecule has 0 amide bonds. The summed E-state index contributed by atoms with van der Waals surface area (Å²) in [7, 11) is 1.54. The minimum atomic E-state index is -4.97. The molecule has 3 aromatic rings. The Balaban J connectivity index is 0.00000480. The second-order valence-corrected chi connectivity index (χ2v) is 12.3. The van der Waals surface area contributed by atoms with Crippen molar-refractivity contribution in [3.63, 3.8) is 0 Å². The molecular weight excluding hydrogens is 627 g/mol. The van der Waals surface area contributed by atoms with Gasteiger partial charge in [-0.15, -0.1) is 5.10 Å². The summed E-state index contributed by atoms with van der Waals surface area (Å²) in [4.78, 5) is 16.6. The van der Waals surface area contributed by atoms with Crippen molar-refractivity contribution >= 4 is 40.7 Å². The Bertz CT molecular complexity index is 1500. The van der Waals surface area contributed by atoms with Gasteiger partial charge in [0.1, 0.15) is 0 Å². The molecule has 1 aliphatic carbocycles. The van der Waals surface area contributed by atoms with Crippen molar-refractivity contribution < 1.29 is 36.2 Å². The first kappa shape index (κ1) is 35.8. The largest absolute Gasteiger partial charge is 0.481 e. The molecule has 248 valence electrons. The molecule has 1 atom stereocenters. The molecule has 8 nitrogen and oxygen atoms in total. The third kappa shape index (κ3) is 8.07. The predicted molar refractivity (Wildman–Crippen MR) is 163 cm³/mol. The van der Waals surface area contributed by atoms with Gasteiger partial charge in [-0.3, -0.25) is 4.79 Å². The van der Waals surface area contributed by atoms with E-state index in [0.29, 0.717) is 38.1 Å². The minimum Gasteiger partial charge on any atom is -0.481 e. The minimum absolute atomic E-state index is 0. The van der Waals surface area contributed by atoms with Crippen LogP contribution in [-0.4, -0.2) is 67.4 Å². The van der Waals surface area contributed by atoms with Gasteiger partial charge in [-0.25, -0.2) is 0 Å². The van der Waals surface area contributed by atoms with E-state index < -0.39 is 35.5 Å². The lowest BCUT2D eigenvalue weighted by molar-refractivity contribution is -0.144. The maximum Gasteiger partial charge on any atom is 0.416 e. The van der Waals surface area contributed by atoms with Gasteiger partial charge in [0.15, 0.2) is 0 Å². The summed E-state index contributed by atoms with van der Waals surface area (Å²) in [5.41, 5.74) is 0.892. The number of hydrogen-bond acceptors (Lipinski definition) is 6. The monoisotopic (exact) mass is 664 g/mol. The van der Waals surface area contributed by atoms with Gasteiger partial charge >= 0.3 is 41.4 Å². The van der Waals surface area contributed by atoms with Gasteiger partial charge in [-0.1, -0.05) is 22.8 Å². The number of benzene rings is 2. The molecule has 1 N–H and O–H groups in total. The van der Waals surface area contributed by atoms with E-state index in [1.54, 1.807) is 4.90 Å². The van der Waals surface area contributed by atoms with Gasteiger partial charge in [-0.05, 0) is 98.4 Å². The predicted octanol–water partition coefficient (Wildman–Crippen LogP) is 6.19. The quantitative estimate of drug-likeness (QED) is 0.238. The lowest BCUT2D eigenvalue weighted by atomic mass is 9.81. The number of halogens is 6. The Hall–Kier alpha value is -3.07. The van der Waals surface area contributed by atoms with Crippen LogP contribution in [0.1, 0.15) is 77.9 Å². The summed E-state index contributed by atoms with van der Waals surface area (Å²) in [6.45, 7) is 5.04. The molecule has 1 aliphatic heterocycles. The average molecular weight is 665 g/mol. The molecule has 2 heterocycles. The Labute approximate surface area is 279 Å². The number of aryl methyl sites for hydroxylation is 3. The van der Waals surface area contributed by atoms with Crippen molar-refractivity contribution in [1.29, 1.82) is 0 Å². The number of aromatic nitrogens is 4. The van der Waals surface area contributed by atoms with Crippen LogP contribution in [0, 0.1) is 25.7 Å². The summed E-state index contributed by atoms with van der Waals surface area (Å²) in [5, 5.41) is 21.8. The number of alkyl halides is 6. The number of rotatable bonds is 7. The van der Waals surface area contributed by atoms with Crippen molar-refractivity contribution in [3.05, 3.63) is 63.7 Å². The van der Waals surface area contributed by atoms with Crippen molar-refractivity contribution in [1.82, 2.24) is 20.2 Å². The van der Waals surface area contributed by atoms with E-state index in [4.69, 9.17) is 0 Å². The van der Waals surface area contributed by atoms with Gasteiger partial charge in [0.05, 0.1) is 30.1 Å². The van der Waals surface area contributed by atoms with Crippen LogP contribution >= 0.6 is 0 Å². The summed E-state index contributed by atoms with van der Waals surface area (Å²) >= 11 is 0. The zero-order valence-electron chi connectivity index (χ0n) is 25.3. The maximum atomic E-state index is 13.7. The summed E-state index contributed by atoms with van der Waals surface area (Å²) in [6.07, 6.45) is -5.87. The fourth-order valence-electron chi connectivity index (χ4n) is 6.85. The average Bonchev–Trinajstić information content (AvgIpc) is 3.30. The number of aliphatic carboxylic acids is 1. The molecule has 0 radical (unpaired) electrons. The van der Waals surface area contributed by atoms with E-state index in [-0.39, 0.29) is 53.1 Å². The van der Waals surface area contributed by atoms with Gasteiger partial charge in [-0.2, -0.15) is 31.1 Å². The number of carbonyl (C=O) groups is 1. The summed E-state index contributed by atoms with van der Waals surface area (Å²) < 4.78 is 82.4. The van der Waals surface area contributed by atoms with Crippen LogP contribution in [0.5, 0.6) is 0 Å². The Morgan fingerprint density at radius 2 is 1.59 bits per heavy atom. The van der Waals surface area contributed by atoms with Crippen LogP contribution in [-0.2, 0) is 30.7 Å². The third-order valence-electron chi connectivity index (χ3n) is 8.86. The zero-order valence-corrected chi connectivity index (χ0v) is 25.3. The lowest BCUT2D eigenvalue weighted by Crippen LogP contribution is -2.34. The standard InChI is InChI=1S/C31H36F6N6O2.Mg.2H/c1-18-11-19(2)27-25(12-18)26(5-4-10-42(27)16-20-6-8-22(9-7-20)28(44)45)43(29-38-40-41(3)39-29)17-21-13-23(30(32,33)34)15-24(14-21)31(35,36)37;;;/h11-15,20,22,26H,4-10,16-17H2,1-3H3,(H,44,45);;;/t20-,22-,26-;;;/m0.../s1. The smallest absolute Gasteiger partial charge is 0.416 e. The number of fused-ring (bicyclic) bond motifs is 1. The Morgan fingerprint density at radius 1 is 0.957 bits per heavy atom. The van der Waals surface area contributed by atoms with Crippen molar-refractivity contribution in [2.75, 3.05) is 22.9 Å². The molecule has 0 spiro atoms. The number of carboxylic acid groups (broad SMARTS) is 1. The van der Waals surface area contributed by atoms with E-state index in [1.807, 2.05) is 19.9 Å². The Morgan fingerprint density at radius 3 is 2.13 bits per heavy atom. The van der Waals surface area contributed by atoms with Crippen LogP contribution in [0.25, 0.3) is 0 Å². The maximum absolute atomic E-state index is 13.7. The summed E-state index contributed by atoms with van der Waals surface area (Å²) in [6, 6.07) is 5.23. The van der Waals surface area contributed by atoms with Crippen LogP contribution < -0.4 is 9.80 Å². The number of anilines is 2. The van der Waals surface area contributed by atoms with Gasteiger partial charge in [0.2, 0.25) is 0 Å². The van der Waals surface area contributed by atoms with Gasteiger partial charge in [0, 0.05) is 25.3 Å². The number of carboxylic acids is 1. The van der Waals surface area contributed by atoms with Crippen molar-refractivity contribution in [3.8, 4) is 0 Å². The SMILES string of the molecule is Cc1cc(C)c2c(c1)[C@@H](N(Cc1cc(C(F)(F)F)cc(C(F)(F)F)c1)c1nnn(C)n1)CCCN2C[C@H]1CC[C@H](C(=O)O)CC1.[MgH2]. The first-order valence-corrected chi connectivity index (χ1v) is 15.0. The topological polar surface area (TPSA) is 87.4 Å². The van der Waals surface area contributed by atoms with Crippen molar-refractivity contribution in [2.24, 2.45) is 18.9 Å². The second kappa shape index (κ2) is 14.0. The molecule has 0 bridgehead atoms. The van der Waals surface area contributed by atoms with Crippen LogP contribution in [0.15, 0.2) is 30.3 Å². The highest BCUT2D eigenvalue weighted by Crippen LogP contribution is 2.43. The highest BCUT2D eigenvalue weighted by atomic mass is 24.3. The second-order valence-electron chi connectivity index (χ2n) is 12.3. The molecule has 1 saturated carbocycles. The van der Waals surface area contributed by atoms with E-state index in [1.165, 1.54) is 11.8 Å². The van der Waals surface area contributed by atoms with Gasteiger partial charge < -0.3 is 14.9 Å². The molecule has 0 saturated heterocycles. The zero-order chi connectivity index (χ0) is 32.7. The number of hydrogen-bond donors (Lipinski definition) is 1. The van der Waals surface area contributed by atoms with Crippen molar-refractivity contribution in [2.45, 2.75) is 77.3 Å². The van der Waals surface area contributed by atoms with E-state index in [2.05, 4.69) is 26.4 Å². The molecular formula is C31H38F6MgN6O2. The molecule has 2 aliphatic rings. The first-order chi connectivity index (χ1) is 21.1. The van der Waals surface area contributed by atoms with Crippen LogP contribution in [0.4, 0.5) is 38.0 Å².